The van der Waals surface area contributed by atoms with Crippen molar-refractivity contribution in [1.82, 2.24) is 9.71 Å². The van der Waals surface area contributed by atoms with Crippen molar-refractivity contribution in [2.24, 2.45) is 0 Å². The summed E-state index contributed by atoms with van der Waals surface area (Å²) < 4.78 is 77.8. The van der Waals surface area contributed by atoms with Crippen LogP contribution in [0.5, 0.6) is 0 Å². The summed E-state index contributed by atoms with van der Waals surface area (Å²) >= 11 is 0. The van der Waals surface area contributed by atoms with Crippen LogP contribution in [0.15, 0.2) is 11.1 Å². The number of aromatic amines is 1. The summed E-state index contributed by atoms with van der Waals surface area (Å²) in [4.78, 5) is 12.1. The van der Waals surface area contributed by atoms with Gasteiger partial charge in [0.05, 0.1) is 0 Å². The van der Waals surface area contributed by atoms with Crippen molar-refractivity contribution in [2.75, 3.05) is 0 Å². The van der Waals surface area contributed by atoms with Gasteiger partial charge in [0.1, 0.15) is 22.8 Å². The first-order chi connectivity index (χ1) is 10.0. The van der Waals surface area contributed by atoms with E-state index in [0.717, 1.165) is 0 Å². The third-order valence-corrected chi connectivity index (χ3v) is 5.27. The summed E-state index contributed by atoms with van der Waals surface area (Å²) in [7, 11) is -4.72. The van der Waals surface area contributed by atoms with Gasteiger partial charge >= 0.3 is 12.1 Å². The SMILES string of the molecule is O=C(O)c1[nH]cc(S(=O)(=O)NC2(C(F)(F)F)CCC2)c1CF. The van der Waals surface area contributed by atoms with Gasteiger partial charge in [-0.1, -0.05) is 0 Å². The van der Waals surface area contributed by atoms with Crippen molar-refractivity contribution in [3.8, 4) is 0 Å². The Morgan fingerprint density at radius 1 is 1.41 bits per heavy atom. The lowest BCUT2D eigenvalue weighted by atomic mass is 9.77. The van der Waals surface area contributed by atoms with Crippen LogP contribution in [-0.2, 0) is 16.7 Å². The van der Waals surface area contributed by atoms with E-state index in [-0.39, 0.29) is 6.42 Å². The Hall–Kier alpha value is -1.62. The fraction of sp³-hybridized carbons (Fsp3) is 0.545. The number of rotatable bonds is 5. The van der Waals surface area contributed by atoms with E-state index >= 15 is 0 Å². The third-order valence-electron chi connectivity index (χ3n) is 3.66. The van der Waals surface area contributed by atoms with Gasteiger partial charge in [-0.2, -0.15) is 17.9 Å². The molecular weight excluding hydrogens is 332 g/mol. The Labute approximate surface area is 122 Å². The normalized spacial score (nSPS) is 18.0. The maximum atomic E-state index is 13.0. The summed E-state index contributed by atoms with van der Waals surface area (Å²) in [6.45, 7) is -1.44. The van der Waals surface area contributed by atoms with Crippen LogP contribution >= 0.6 is 0 Å². The minimum atomic E-state index is -4.79. The molecule has 1 saturated carbocycles. The average Bonchev–Trinajstić information content (AvgIpc) is 2.76. The van der Waals surface area contributed by atoms with Crippen LogP contribution in [0.2, 0.25) is 0 Å². The largest absolute Gasteiger partial charge is 0.477 e. The molecule has 0 saturated heterocycles. The molecule has 0 bridgehead atoms. The number of alkyl halides is 4. The second-order valence-electron chi connectivity index (χ2n) is 4.98. The van der Waals surface area contributed by atoms with E-state index in [1.54, 1.807) is 4.72 Å². The van der Waals surface area contributed by atoms with E-state index in [9.17, 15) is 30.8 Å². The average molecular weight is 344 g/mol. The highest BCUT2D eigenvalue weighted by molar-refractivity contribution is 7.89. The smallest absolute Gasteiger partial charge is 0.407 e. The molecule has 1 aliphatic rings. The van der Waals surface area contributed by atoms with Gasteiger partial charge in [0.15, 0.2) is 0 Å². The zero-order chi connectivity index (χ0) is 16.8. The van der Waals surface area contributed by atoms with E-state index in [0.29, 0.717) is 6.20 Å². The molecule has 0 amide bonds. The number of hydrogen-bond donors (Lipinski definition) is 3. The standard InChI is InChI=1S/C11H12F4N2O4S/c12-4-6-7(5-16-8(6)9(18)19)22(20,21)17-10(2-1-3-10)11(13,14)15/h5,16-17H,1-4H2,(H,18,19). The molecule has 0 atom stereocenters. The van der Waals surface area contributed by atoms with Gasteiger partial charge in [-0.15, -0.1) is 0 Å². The molecule has 2 rings (SSSR count). The van der Waals surface area contributed by atoms with E-state index in [1.807, 2.05) is 0 Å². The molecule has 3 N–H and O–H groups in total. The van der Waals surface area contributed by atoms with Crippen molar-refractivity contribution < 1.29 is 35.9 Å². The highest BCUT2D eigenvalue weighted by Crippen LogP contribution is 2.46. The molecule has 22 heavy (non-hydrogen) atoms. The van der Waals surface area contributed by atoms with Gasteiger partial charge in [-0.05, 0) is 19.3 Å². The monoisotopic (exact) mass is 344 g/mol. The van der Waals surface area contributed by atoms with Crippen molar-refractivity contribution in [3.05, 3.63) is 17.5 Å². The number of hydrogen-bond acceptors (Lipinski definition) is 3. The van der Waals surface area contributed by atoms with E-state index < -0.39 is 63.4 Å². The van der Waals surface area contributed by atoms with Crippen LogP contribution in [0.4, 0.5) is 17.6 Å². The van der Waals surface area contributed by atoms with Crippen LogP contribution in [0.25, 0.3) is 0 Å². The highest BCUT2D eigenvalue weighted by Gasteiger charge is 2.60. The lowest BCUT2D eigenvalue weighted by Gasteiger charge is -2.43. The molecule has 124 valence electrons. The zero-order valence-corrected chi connectivity index (χ0v) is 11.8. The van der Waals surface area contributed by atoms with Crippen LogP contribution in [0.3, 0.4) is 0 Å². The minimum Gasteiger partial charge on any atom is -0.477 e. The topological polar surface area (TPSA) is 99.3 Å². The maximum absolute atomic E-state index is 13.0. The Morgan fingerprint density at radius 3 is 2.36 bits per heavy atom. The van der Waals surface area contributed by atoms with Gasteiger partial charge in [-0.25, -0.2) is 17.6 Å². The van der Waals surface area contributed by atoms with Crippen LogP contribution < -0.4 is 4.72 Å². The van der Waals surface area contributed by atoms with Gasteiger partial charge < -0.3 is 10.1 Å². The molecule has 0 spiro atoms. The van der Waals surface area contributed by atoms with Crippen molar-refractivity contribution >= 4 is 16.0 Å². The van der Waals surface area contributed by atoms with Crippen molar-refractivity contribution in [1.29, 1.82) is 0 Å². The van der Waals surface area contributed by atoms with Crippen molar-refractivity contribution in [3.63, 3.8) is 0 Å². The molecule has 1 aromatic rings. The second kappa shape index (κ2) is 5.23. The van der Waals surface area contributed by atoms with E-state index in [2.05, 4.69) is 4.98 Å². The fourth-order valence-electron chi connectivity index (χ4n) is 2.28. The number of nitrogens with one attached hydrogen (secondary N) is 2. The predicted octanol–water partition coefficient (Wildman–Crippen LogP) is 1.95. The van der Waals surface area contributed by atoms with Gasteiger partial charge in [0, 0.05) is 11.8 Å². The zero-order valence-electron chi connectivity index (χ0n) is 11.0. The summed E-state index contributed by atoms with van der Waals surface area (Å²) in [5.41, 5.74) is -4.01. The number of sulfonamides is 1. The highest BCUT2D eigenvalue weighted by atomic mass is 32.2. The summed E-state index contributed by atoms with van der Waals surface area (Å²) in [6.07, 6.45) is -4.76. The summed E-state index contributed by atoms with van der Waals surface area (Å²) in [6, 6.07) is 0. The second-order valence-corrected chi connectivity index (χ2v) is 6.64. The molecule has 0 aliphatic heterocycles. The number of aromatic nitrogens is 1. The van der Waals surface area contributed by atoms with Crippen LogP contribution in [0, 0.1) is 0 Å². The summed E-state index contributed by atoms with van der Waals surface area (Å²) in [5, 5.41) is 8.80. The molecule has 0 unspecified atom stereocenters. The van der Waals surface area contributed by atoms with Crippen molar-refractivity contribution in [2.45, 2.75) is 42.5 Å². The first kappa shape index (κ1) is 16.7. The maximum Gasteiger partial charge on any atom is 0.407 e. The lowest BCUT2D eigenvalue weighted by molar-refractivity contribution is -0.212. The first-order valence-corrected chi connectivity index (χ1v) is 7.62. The molecule has 6 nitrogen and oxygen atoms in total. The third kappa shape index (κ3) is 2.58. The van der Waals surface area contributed by atoms with Gasteiger partial charge in [0.25, 0.3) is 0 Å². The Bertz CT molecular complexity index is 691. The van der Waals surface area contributed by atoms with Gasteiger partial charge in [-0.3, -0.25) is 0 Å². The minimum absolute atomic E-state index is 0.200. The molecule has 1 aliphatic carbocycles. The molecule has 1 heterocycles. The number of carbonyl (C=O) groups is 1. The molecule has 1 fully saturated rings. The Morgan fingerprint density at radius 2 is 2.00 bits per heavy atom. The van der Waals surface area contributed by atoms with Gasteiger partial charge in [0.2, 0.25) is 10.0 Å². The number of carboxylic acids is 1. The lowest BCUT2D eigenvalue weighted by Crippen LogP contribution is -2.62. The summed E-state index contributed by atoms with van der Waals surface area (Å²) in [5.74, 6) is -1.61. The molecule has 0 aromatic carbocycles. The Kier molecular flexibility index (Phi) is 3.98. The van der Waals surface area contributed by atoms with Crippen LogP contribution in [0.1, 0.15) is 35.3 Å². The number of halogens is 4. The molecule has 11 heteroatoms. The quantitative estimate of drug-likeness (QED) is 0.711. The molecular formula is C11H12F4N2O4S. The van der Waals surface area contributed by atoms with E-state index in [1.165, 1.54) is 0 Å². The number of H-pyrrole nitrogens is 1. The fourth-order valence-corrected chi connectivity index (χ4v) is 3.92. The molecule has 1 aromatic heterocycles. The molecule has 0 radical (unpaired) electrons. The first-order valence-electron chi connectivity index (χ1n) is 6.14. The number of carboxylic acid groups (broad SMARTS) is 1. The predicted molar refractivity (Wildman–Crippen MR) is 65.5 cm³/mol. The van der Waals surface area contributed by atoms with E-state index in [4.69, 9.17) is 5.11 Å². The Balaban J connectivity index is 2.42. The van der Waals surface area contributed by atoms with Crippen LogP contribution in [-0.4, -0.2) is 36.2 Å². The number of aromatic carboxylic acids is 1.